The fraction of sp³-hybridized carbons (Fsp3) is 0.471. The van der Waals surface area contributed by atoms with Gasteiger partial charge >= 0.3 is 0 Å². The molecule has 2 aliphatic rings. The monoisotopic (exact) mass is 329 g/mol. The number of ether oxygens (including phenoxy) is 2. The van der Waals surface area contributed by atoms with Crippen LogP contribution in [0.4, 0.5) is 0 Å². The van der Waals surface area contributed by atoms with Gasteiger partial charge in [-0.25, -0.2) is 5.10 Å². The molecule has 1 aliphatic carbocycles. The number of rotatable bonds is 4. The van der Waals surface area contributed by atoms with Crippen molar-refractivity contribution in [3.05, 3.63) is 40.3 Å². The SMILES string of the molecule is COC[C@@H]1[C@@H](NC(=O)c2n[nH]c(=O)c3ccccc23)[C@@H]2CCO[C@H]12. The summed E-state index contributed by atoms with van der Waals surface area (Å²) < 4.78 is 11.0. The van der Waals surface area contributed by atoms with Crippen molar-refractivity contribution in [2.75, 3.05) is 20.3 Å². The lowest BCUT2D eigenvalue weighted by atomic mass is 9.67. The predicted octanol–water partition coefficient (Wildman–Crippen LogP) is 0.703. The second-order valence-electron chi connectivity index (χ2n) is 6.35. The molecule has 1 saturated carbocycles. The Morgan fingerprint density at radius 3 is 3.00 bits per heavy atom. The molecule has 1 aromatic carbocycles. The van der Waals surface area contributed by atoms with Crippen molar-refractivity contribution in [3.63, 3.8) is 0 Å². The Kier molecular flexibility index (Phi) is 3.82. The zero-order valence-corrected chi connectivity index (χ0v) is 13.3. The summed E-state index contributed by atoms with van der Waals surface area (Å²) in [7, 11) is 1.65. The van der Waals surface area contributed by atoms with Crippen LogP contribution in [-0.4, -0.2) is 48.6 Å². The molecule has 1 aliphatic heterocycles. The number of hydrogen-bond donors (Lipinski definition) is 2. The van der Waals surface area contributed by atoms with Gasteiger partial charge in [0.15, 0.2) is 5.69 Å². The van der Waals surface area contributed by atoms with E-state index in [-0.39, 0.29) is 35.2 Å². The maximum absolute atomic E-state index is 12.7. The van der Waals surface area contributed by atoms with Crippen LogP contribution in [0.25, 0.3) is 10.8 Å². The highest BCUT2D eigenvalue weighted by Crippen LogP contribution is 2.43. The first kappa shape index (κ1) is 15.3. The normalized spacial score (nSPS) is 28.4. The molecule has 24 heavy (non-hydrogen) atoms. The Balaban J connectivity index is 1.61. The van der Waals surface area contributed by atoms with Gasteiger partial charge in [-0.3, -0.25) is 9.59 Å². The lowest BCUT2D eigenvalue weighted by Gasteiger charge is -2.47. The summed E-state index contributed by atoms with van der Waals surface area (Å²) in [5.41, 5.74) is -0.0592. The van der Waals surface area contributed by atoms with E-state index in [0.717, 1.165) is 13.0 Å². The van der Waals surface area contributed by atoms with Crippen LogP contribution in [0.5, 0.6) is 0 Å². The number of amides is 1. The summed E-state index contributed by atoms with van der Waals surface area (Å²) in [6.07, 6.45) is 1.10. The van der Waals surface area contributed by atoms with Crippen LogP contribution in [0.1, 0.15) is 16.9 Å². The fourth-order valence-electron chi connectivity index (χ4n) is 3.94. The third kappa shape index (κ3) is 2.32. The van der Waals surface area contributed by atoms with Gasteiger partial charge in [0.25, 0.3) is 11.5 Å². The highest BCUT2D eigenvalue weighted by molar-refractivity contribution is 6.04. The number of carbonyl (C=O) groups is 1. The van der Waals surface area contributed by atoms with Gasteiger partial charge in [0, 0.05) is 37.0 Å². The zero-order valence-electron chi connectivity index (χ0n) is 13.3. The maximum atomic E-state index is 12.7. The van der Waals surface area contributed by atoms with E-state index in [1.165, 1.54) is 0 Å². The standard InChI is InChI=1S/C17H19N3O4/c1-23-8-12-13(11-6-7-24-15(11)12)18-17(22)14-9-4-2-3-5-10(9)16(21)20-19-14/h2-5,11-13,15H,6-8H2,1H3,(H,18,22)(H,20,21)/t11-,12+,13-,15-/m0/s1. The van der Waals surface area contributed by atoms with Crippen molar-refractivity contribution in [1.82, 2.24) is 15.5 Å². The number of carbonyl (C=O) groups excluding carboxylic acids is 1. The molecule has 0 spiro atoms. The molecule has 4 rings (SSSR count). The first-order valence-corrected chi connectivity index (χ1v) is 8.09. The molecule has 2 N–H and O–H groups in total. The fourth-order valence-corrected chi connectivity index (χ4v) is 3.94. The summed E-state index contributed by atoms with van der Waals surface area (Å²) in [4.78, 5) is 24.6. The molecule has 2 aromatic rings. The van der Waals surface area contributed by atoms with Gasteiger partial charge in [0.05, 0.1) is 18.1 Å². The number of fused-ring (bicyclic) bond motifs is 2. The van der Waals surface area contributed by atoms with Crippen LogP contribution in [0, 0.1) is 11.8 Å². The molecule has 4 atom stereocenters. The number of aromatic amines is 1. The van der Waals surface area contributed by atoms with Gasteiger partial charge in [-0.15, -0.1) is 0 Å². The largest absolute Gasteiger partial charge is 0.384 e. The lowest BCUT2D eigenvalue weighted by molar-refractivity contribution is -0.0810. The maximum Gasteiger partial charge on any atom is 0.272 e. The van der Waals surface area contributed by atoms with Crippen molar-refractivity contribution in [3.8, 4) is 0 Å². The molecule has 0 bridgehead atoms. The number of H-pyrrole nitrogens is 1. The van der Waals surface area contributed by atoms with Gasteiger partial charge in [-0.05, 0) is 12.5 Å². The van der Waals surface area contributed by atoms with Crippen LogP contribution < -0.4 is 10.9 Å². The van der Waals surface area contributed by atoms with Gasteiger partial charge < -0.3 is 14.8 Å². The number of hydrogen-bond acceptors (Lipinski definition) is 5. The molecule has 2 heterocycles. The second kappa shape index (κ2) is 5.99. The molecule has 1 aromatic heterocycles. The van der Waals surface area contributed by atoms with Crippen LogP contribution in [-0.2, 0) is 9.47 Å². The third-order valence-corrected chi connectivity index (χ3v) is 5.10. The average Bonchev–Trinajstić information content (AvgIpc) is 3.02. The summed E-state index contributed by atoms with van der Waals surface area (Å²) in [6.45, 7) is 1.27. The van der Waals surface area contributed by atoms with E-state index >= 15 is 0 Å². The molecule has 126 valence electrons. The van der Waals surface area contributed by atoms with Crippen LogP contribution in [0.2, 0.25) is 0 Å². The summed E-state index contributed by atoms with van der Waals surface area (Å²) in [5.74, 6) is 0.197. The number of nitrogens with one attached hydrogen (secondary N) is 2. The predicted molar refractivity (Wildman–Crippen MR) is 86.8 cm³/mol. The number of methoxy groups -OCH3 is 1. The minimum Gasteiger partial charge on any atom is -0.384 e. The molecular weight excluding hydrogens is 310 g/mol. The van der Waals surface area contributed by atoms with Crippen LogP contribution >= 0.6 is 0 Å². The minimum atomic E-state index is -0.299. The van der Waals surface area contributed by atoms with E-state index in [1.54, 1.807) is 31.4 Å². The number of nitrogens with zero attached hydrogens (tertiary/aromatic N) is 1. The Morgan fingerprint density at radius 2 is 2.21 bits per heavy atom. The van der Waals surface area contributed by atoms with Gasteiger partial charge in [-0.2, -0.15) is 5.10 Å². The molecule has 1 saturated heterocycles. The molecule has 0 unspecified atom stereocenters. The van der Waals surface area contributed by atoms with Gasteiger partial charge in [0.2, 0.25) is 0 Å². The van der Waals surface area contributed by atoms with Crippen molar-refractivity contribution >= 4 is 16.7 Å². The Morgan fingerprint density at radius 1 is 1.42 bits per heavy atom. The van der Waals surface area contributed by atoms with Crippen molar-refractivity contribution < 1.29 is 14.3 Å². The summed E-state index contributed by atoms with van der Waals surface area (Å²) in [6, 6.07) is 6.99. The van der Waals surface area contributed by atoms with E-state index in [2.05, 4.69) is 15.5 Å². The quantitative estimate of drug-likeness (QED) is 0.861. The highest BCUT2D eigenvalue weighted by Gasteiger charge is 2.54. The molecular formula is C17H19N3O4. The van der Waals surface area contributed by atoms with E-state index < -0.39 is 0 Å². The van der Waals surface area contributed by atoms with Crippen molar-refractivity contribution in [2.24, 2.45) is 11.8 Å². The van der Waals surface area contributed by atoms with Gasteiger partial charge in [-0.1, -0.05) is 18.2 Å². The minimum absolute atomic E-state index is 0.0115. The summed E-state index contributed by atoms with van der Waals surface area (Å²) in [5, 5.41) is 10.4. The van der Waals surface area contributed by atoms with E-state index in [1.807, 2.05) is 0 Å². The van der Waals surface area contributed by atoms with E-state index in [0.29, 0.717) is 23.3 Å². The first-order chi connectivity index (χ1) is 11.7. The lowest BCUT2D eigenvalue weighted by Crippen LogP contribution is -2.62. The molecule has 2 fully saturated rings. The van der Waals surface area contributed by atoms with E-state index in [4.69, 9.17) is 9.47 Å². The highest BCUT2D eigenvalue weighted by atomic mass is 16.5. The summed E-state index contributed by atoms with van der Waals surface area (Å²) >= 11 is 0. The van der Waals surface area contributed by atoms with Crippen LogP contribution in [0.3, 0.4) is 0 Å². The number of aromatic nitrogens is 2. The first-order valence-electron chi connectivity index (χ1n) is 8.09. The average molecular weight is 329 g/mol. The smallest absolute Gasteiger partial charge is 0.272 e. The third-order valence-electron chi connectivity index (χ3n) is 5.10. The zero-order chi connectivity index (χ0) is 16.7. The van der Waals surface area contributed by atoms with Crippen molar-refractivity contribution in [1.29, 1.82) is 0 Å². The topological polar surface area (TPSA) is 93.3 Å². The van der Waals surface area contributed by atoms with E-state index in [9.17, 15) is 9.59 Å². The Labute approximate surface area is 138 Å². The molecule has 1 amide bonds. The second-order valence-corrected chi connectivity index (χ2v) is 6.35. The molecule has 0 radical (unpaired) electrons. The van der Waals surface area contributed by atoms with Crippen LogP contribution in [0.15, 0.2) is 29.1 Å². The Bertz CT molecular complexity index is 834. The molecule has 7 nitrogen and oxygen atoms in total. The van der Waals surface area contributed by atoms with Gasteiger partial charge in [0.1, 0.15) is 0 Å². The number of benzene rings is 1. The molecule has 7 heteroatoms. The Hall–Kier alpha value is -2.25. The van der Waals surface area contributed by atoms with Crippen molar-refractivity contribution in [2.45, 2.75) is 18.6 Å².